The number of nitrogens with zero attached hydrogens (tertiary/aromatic N) is 4. The van der Waals surface area contributed by atoms with Crippen LogP contribution in [0.15, 0.2) is 79.4 Å². The number of fused-ring (bicyclic) bond motifs is 2. The van der Waals surface area contributed by atoms with Gasteiger partial charge in [0.05, 0.1) is 30.3 Å². The van der Waals surface area contributed by atoms with Crippen molar-refractivity contribution >= 4 is 44.8 Å². The number of anilines is 2. The van der Waals surface area contributed by atoms with Crippen LogP contribution in [0.2, 0.25) is 5.02 Å². The van der Waals surface area contributed by atoms with Crippen LogP contribution < -0.4 is 10.1 Å². The molecular formula is C30H24ClN5O2. The molecule has 38 heavy (non-hydrogen) atoms. The van der Waals surface area contributed by atoms with Crippen molar-refractivity contribution in [2.45, 2.75) is 0 Å². The highest BCUT2D eigenvalue weighted by atomic mass is 35.5. The molecule has 6 rings (SSSR count). The van der Waals surface area contributed by atoms with E-state index >= 15 is 0 Å². The van der Waals surface area contributed by atoms with Crippen LogP contribution >= 0.6 is 11.6 Å². The van der Waals surface area contributed by atoms with Gasteiger partial charge < -0.3 is 14.8 Å². The van der Waals surface area contributed by atoms with E-state index in [1.165, 1.54) is 0 Å². The number of ether oxygens (including phenoxy) is 2. The van der Waals surface area contributed by atoms with Crippen LogP contribution in [-0.2, 0) is 4.74 Å². The molecular weight excluding hydrogens is 498 g/mol. The van der Waals surface area contributed by atoms with Gasteiger partial charge in [-0.1, -0.05) is 35.6 Å². The molecule has 0 unspecified atom stereocenters. The third-order valence-electron chi connectivity index (χ3n) is 6.33. The van der Waals surface area contributed by atoms with Crippen LogP contribution in [0.3, 0.4) is 0 Å². The Balaban J connectivity index is 1.22. The number of benzene rings is 3. The van der Waals surface area contributed by atoms with E-state index in [-0.39, 0.29) is 0 Å². The van der Waals surface area contributed by atoms with E-state index in [0.29, 0.717) is 22.3 Å². The first kappa shape index (κ1) is 24.1. The Morgan fingerprint density at radius 2 is 1.89 bits per heavy atom. The highest BCUT2D eigenvalue weighted by molar-refractivity contribution is 6.32. The van der Waals surface area contributed by atoms with Crippen LogP contribution in [0.25, 0.3) is 21.7 Å². The Bertz CT molecular complexity index is 1670. The van der Waals surface area contributed by atoms with Gasteiger partial charge in [-0.05, 0) is 53.9 Å². The quantitative estimate of drug-likeness (QED) is 0.282. The smallest absolute Gasteiger partial charge is 0.146 e. The van der Waals surface area contributed by atoms with Gasteiger partial charge in [-0.15, -0.1) is 0 Å². The topological polar surface area (TPSA) is 72.4 Å². The monoisotopic (exact) mass is 521 g/mol. The fraction of sp³-hybridized carbons (Fsp3) is 0.167. The van der Waals surface area contributed by atoms with Crippen molar-refractivity contribution in [1.29, 1.82) is 0 Å². The Morgan fingerprint density at radius 1 is 0.974 bits per heavy atom. The molecule has 1 aliphatic heterocycles. The van der Waals surface area contributed by atoms with Gasteiger partial charge >= 0.3 is 0 Å². The van der Waals surface area contributed by atoms with Crippen molar-refractivity contribution < 1.29 is 9.47 Å². The third kappa shape index (κ3) is 5.38. The van der Waals surface area contributed by atoms with Gasteiger partial charge in [0.2, 0.25) is 0 Å². The average molecular weight is 522 g/mol. The van der Waals surface area contributed by atoms with Crippen molar-refractivity contribution in [2.24, 2.45) is 0 Å². The zero-order chi connectivity index (χ0) is 25.7. The highest BCUT2D eigenvalue weighted by Gasteiger charge is 2.11. The Hall–Kier alpha value is -4.22. The molecule has 1 saturated heterocycles. The van der Waals surface area contributed by atoms with Gasteiger partial charge in [0, 0.05) is 47.5 Å². The lowest BCUT2D eigenvalue weighted by atomic mass is 10.1. The Kier molecular flexibility index (Phi) is 7.01. The van der Waals surface area contributed by atoms with Crippen LogP contribution in [0.4, 0.5) is 11.5 Å². The summed E-state index contributed by atoms with van der Waals surface area (Å²) in [6.45, 7) is 4.09. The standard InChI is InChI=1S/C30H24ClN5O2/c31-26-18-23(7-9-29(26)38-28-5-1-4-22-10-11-32-19-25(22)28)35-30-24-17-21(6-8-27(24)33-20-34-30)3-2-12-36-13-15-37-16-14-36/h1,4-11,17-20H,12-16H2,(H,33,34,35). The first-order valence-corrected chi connectivity index (χ1v) is 12.7. The van der Waals surface area contributed by atoms with Gasteiger partial charge in [0.25, 0.3) is 0 Å². The molecule has 8 heteroatoms. The largest absolute Gasteiger partial charge is 0.455 e. The van der Waals surface area contributed by atoms with E-state index in [0.717, 1.165) is 65.8 Å². The van der Waals surface area contributed by atoms with Crippen LogP contribution in [-0.4, -0.2) is 52.7 Å². The second-order valence-electron chi connectivity index (χ2n) is 8.87. The maximum Gasteiger partial charge on any atom is 0.146 e. The summed E-state index contributed by atoms with van der Waals surface area (Å²) in [6.07, 6.45) is 5.09. The number of halogens is 1. The first-order chi connectivity index (χ1) is 18.7. The number of nitrogens with one attached hydrogen (secondary N) is 1. The maximum atomic E-state index is 6.62. The summed E-state index contributed by atoms with van der Waals surface area (Å²) in [5.74, 6) is 8.47. The number of morpholine rings is 1. The number of pyridine rings is 1. The maximum absolute atomic E-state index is 6.62. The predicted octanol–water partition coefficient (Wildman–Crippen LogP) is 6.05. The third-order valence-corrected chi connectivity index (χ3v) is 6.63. The lowest BCUT2D eigenvalue weighted by molar-refractivity contribution is 0.0443. The van der Waals surface area contributed by atoms with E-state index in [2.05, 4.69) is 37.0 Å². The molecule has 0 aliphatic carbocycles. The minimum atomic E-state index is 0.476. The molecule has 0 saturated carbocycles. The van der Waals surface area contributed by atoms with Gasteiger partial charge in [0.1, 0.15) is 23.6 Å². The molecule has 0 spiro atoms. The molecule has 0 amide bonds. The molecule has 2 aromatic heterocycles. The summed E-state index contributed by atoms with van der Waals surface area (Å²) in [4.78, 5) is 15.4. The molecule has 1 aliphatic rings. The predicted molar refractivity (Wildman–Crippen MR) is 150 cm³/mol. The molecule has 0 bridgehead atoms. The summed E-state index contributed by atoms with van der Waals surface area (Å²) in [7, 11) is 0. The van der Waals surface area contributed by atoms with Gasteiger partial charge in [0.15, 0.2) is 0 Å². The SMILES string of the molecule is Clc1cc(Nc2ncnc3ccc(C#CCN4CCOCC4)cc23)ccc1Oc1cccc2ccncc12. The summed E-state index contributed by atoms with van der Waals surface area (Å²) < 4.78 is 11.5. The molecule has 188 valence electrons. The first-order valence-electron chi connectivity index (χ1n) is 12.3. The molecule has 1 fully saturated rings. The second kappa shape index (κ2) is 11.0. The van der Waals surface area contributed by atoms with Crippen LogP contribution in [0.1, 0.15) is 5.56 Å². The van der Waals surface area contributed by atoms with Gasteiger partial charge in [-0.2, -0.15) is 0 Å². The zero-order valence-corrected chi connectivity index (χ0v) is 21.3. The van der Waals surface area contributed by atoms with Crippen LogP contribution in [0, 0.1) is 11.8 Å². The lowest BCUT2D eigenvalue weighted by Crippen LogP contribution is -2.36. The number of rotatable bonds is 5. The lowest BCUT2D eigenvalue weighted by Gasteiger charge is -2.24. The van der Waals surface area contributed by atoms with Crippen molar-refractivity contribution in [1.82, 2.24) is 19.9 Å². The Morgan fingerprint density at radius 3 is 2.79 bits per heavy atom. The van der Waals surface area contributed by atoms with Crippen LogP contribution in [0.5, 0.6) is 11.5 Å². The minimum absolute atomic E-state index is 0.476. The fourth-order valence-electron chi connectivity index (χ4n) is 4.34. The highest BCUT2D eigenvalue weighted by Crippen LogP contribution is 2.35. The molecule has 1 N–H and O–H groups in total. The van der Waals surface area contributed by atoms with Crippen molar-refractivity contribution in [2.75, 3.05) is 38.2 Å². The minimum Gasteiger partial charge on any atom is -0.455 e. The van der Waals surface area contributed by atoms with E-state index in [1.807, 2.05) is 60.7 Å². The normalized spacial score (nSPS) is 13.7. The molecule has 7 nitrogen and oxygen atoms in total. The number of aromatic nitrogens is 3. The summed E-state index contributed by atoms with van der Waals surface area (Å²) >= 11 is 6.62. The summed E-state index contributed by atoms with van der Waals surface area (Å²) in [5.41, 5.74) is 2.53. The number of hydrogen-bond acceptors (Lipinski definition) is 7. The zero-order valence-electron chi connectivity index (χ0n) is 20.5. The molecule has 3 aromatic carbocycles. The molecule has 0 radical (unpaired) electrons. The summed E-state index contributed by atoms with van der Waals surface area (Å²) in [5, 5.41) is 6.70. The van der Waals surface area contributed by atoms with E-state index in [9.17, 15) is 0 Å². The summed E-state index contributed by atoms with van der Waals surface area (Å²) in [6, 6.07) is 19.3. The van der Waals surface area contributed by atoms with E-state index < -0.39 is 0 Å². The second-order valence-corrected chi connectivity index (χ2v) is 9.28. The number of hydrogen-bond donors (Lipinski definition) is 1. The fourth-order valence-corrected chi connectivity index (χ4v) is 4.56. The van der Waals surface area contributed by atoms with Gasteiger partial charge in [-0.3, -0.25) is 9.88 Å². The van der Waals surface area contributed by atoms with Crippen molar-refractivity contribution in [3.8, 4) is 23.3 Å². The Labute approximate surface area is 225 Å². The molecule has 0 atom stereocenters. The van der Waals surface area contributed by atoms with E-state index in [1.54, 1.807) is 18.7 Å². The average Bonchev–Trinajstić information content (AvgIpc) is 2.95. The molecule has 5 aromatic rings. The van der Waals surface area contributed by atoms with Gasteiger partial charge in [-0.25, -0.2) is 9.97 Å². The van der Waals surface area contributed by atoms with E-state index in [4.69, 9.17) is 21.1 Å². The molecule has 3 heterocycles. The van der Waals surface area contributed by atoms with Crippen molar-refractivity contribution in [3.05, 3.63) is 90.0 Å². The van der Waals surface area contributed by atoms with Crippen molar-refractivity contribution in [3.63, 3.8) is 0 Å².